The van der Waals surface area contributed by atoms with Gasteiger partial charge in [0.15, 0.2) is 0 Å². The Morgan fingerprint density at radius 1 is 0.886 bits per heavy atom. The minimum absolute atomic E-state index is 0.661. The topological polar surface area (TPSA) is 95.2 Å². The molecule has 0 radical (unpaired) electrons. The summed E-state index contributed by atoms with van der Waals surface area (Å²) in [4.78, 5) is 12.1. The molecule has 0 atom stereocenters. The van der Waals surface area contributed by atoms with Gasteiger partial charge in [0.1, 0.15) is 11.6 Å². The Hall–Kier alpha value is -5.22. The van der Waals surface area contributed by atoms with Crippen LogP contribution in [0.2, 0.25) is 0 Å². The third-order valence-electron chi connectivity index (χ3n) is 7.97. The van der Waals surface area contributed by atoms with Gasteiger partial charge in [-0.2, -0.15) is 15.2 Å². The largest absolute Gasteiger partial charge is 0.497 e. The maximum atomic E-state index is 5.58. The molecule has 3 aromatic carbocycles. The van der Waals surface area contributed by atoms with Crippen molar-refractivity contribution in [2.45, 2.75) is 13.5 Å². The fourth-order valence-corrected chi connectivity index (χ4v) is 5.56. The van der Waals surface area contributed by atoms with E-state index in [-0.39, 0.29) is 0 Å². The number of morpholine rings is 1. The summed E-state index contributed by atoms with van der Waals surface area (Å²) in [6, 6.07) is 24.8. The van der Waals surface area contributed by atoms with E-state index >= 15 is 0 Å². The summed E-state index contributed by atoms with van der Waals surface area (Å²) in [5.74, 6) is 2.27. The second-order valence-corrected chi connectivity index (χ2v) is 11.0. The van der Waals surface area contributed by atoms with E-state index in [2.05, 4.69) is 81.2 Å². The van der Waals surface area contributed by atoms with Crippen LogP contribution in [0.1, 0.15) is 11.3 Å². The lowest BCUT2D eigenvalue weighted by Gasteiger charge is -2.27. The highest BCUT2D eigenvalue weighted by Gasteiger charge is 2.17. The maximum Gasteiger partial charge on any atom is 0.228 e. The molecular weight excluding hydrogens is 552 g/mol. The molecule has 1 aliphatic heterocycles. The molecule has 0 unspecified atom stereocenters. The van der Waals surface area contributed by atoms with E-state index < -0.39 is 0 Å². The average Bonchev–Trinajstić information content (AvgIpc) is 3.65. The molecule has 6 aromatic rings. The molecular formula is C34H34N8O2. The number of anilines is 3. The Morgan fingerprint density at radius 3 is 2.43 bits per heavy atom. The van der Waals surface area contributed by atoms with Crippen molar-refractivity contribution in [2.24, 2.45) is 7.05 Å². The SMILES string of the molecule is COc1ccc(Cn2cc(-c3ccc(Nc4cc(-c5ccc6c(C)nn(C)c6c5)nc(N5CCOCC5)n4)cc3)cn2)cc1. The number of nitrogens with one attached hydrogen (secondary N) is 1. The van der Waals surface area contributed by atoms with Crippen LogP contribution in [-0.4, -0.2) is 62.9 Å². The smallest absolute Gasteiger partial charge is 0.228 e. The van der Waals surface area contributed by atoms with Gasteiger partial charge in [0, 0.05) is 54.6 Å². The molecule has 10 heteroatoms. The van der Waals surface area contributed by atoms with E-state index in [4.69, 9.17) is 19.4 Å². The molecule has 1 fully saturated rings. The third-order valence-corrected chi connectivity index (χ3v) is 7.97. The molecule has 3 aromatic heterocycles. The molecule has 0 spiro atoms. The second kappa shape index (κ2) is 11.8. The summed E-state index contributed by atoms with van der Waals surface area (Å²) in [5, 5.41) is 13.8. The zero-order valence-electron chi connectivity index (χ0n) is 25.1. The Kier molecular flexibility index (Phi) is 7.41. The van der Waals surface area contributed by atoms with Crippen molar-refractivity contribution in [3.05, 3.63) is 96.4 Å². The summed E-state index contributed by atoms with van der Waals surface area (Å²) in [6.45, 7) is 5.56. The van der Waals surface area contributed by atoms with Crippen molar-refractivity contribution in [1.29, 1.82) is 0 Å². The third kappa shape index (κ3) is 5.71. The Bertz CT molecular complexity index is 1910. The molecule has 4 heterocycles. The number of aromatic nitrogens is 6. The van der Waals surface area contributed by atoms with Crippen LogP contribution < -0.4 is 15.0 Å². The first-order chi connectivity index (χ1) is 21.5. The van der Waals surface area contributed by atoms with E-state index in [1.807, 2.05) is 47.7 Å². The summed E-state index contributed by atoms with van der Waals surface area (Å²) < 4.78 is 14.7. The Labute approximate surface area is 255 Å². The first-order valence-corrected chi connectivity index (χ1v) is 14.7. The van der Waals surface area contributed by atoms with E-state index in [9.17, 15) is 0 Å². The molecule has 0 aliphatic carbocycles. The zero-order chi connectivity index (χ0) is 30.0. The Morgan fingerprint density at radius 2 is 1.66 bits per heavy atom. The number of nitrogens with zero attached hydrogens (tertiary/aromatic N) is 7. The number of methoxy groups -OCH3 is 1. The van der Waals surface area contributed by atoms with Crippen molar-refractivity contribution >= 4 is 28.4 Å². The first kappa shape index (κ1) is 27.6. The van der Waals surface area contributed by atoms with Crippen LogP contribution in [0.15, 0.2) is 85.2 Å². The molecule has 10 nitrogen and oxygen atoms in total. The normalized spacial score (nSPS) is 13.4. The number of rotatable bonds is 8. The van der Waals surface area contributed by atoms with Crippen LogP contribution in [0.3, 0.4) is 0 Å². The number of ether oxygens (including phenoxy) is 2. The van der Waals surface area contributed by atoms with Crippen LogP contribution in [0, 0.1) is 6.92 Å². The van der Waals surface area contributed by atoms with Crippen molar-refractivity contribution in [2.75, 3.05) is 43.6 Å². The summed E-state index contributed by atoms with van der Waals surface area (Å²) in [6.07, 6.45) is 3.97. The van der Waals surface area contributed by atoms with Gasteiger partial charge in [-0.1, -0.05) is 36.4 Å². The van der Waals surface area contributed by atoms with Gasteiger partial charge in [-0.05, 0) is 48.4 Å². The molecule has 1 N–H and O–H groups in total. The highest BCUT2D eigenvalue weighted by atomic mass is 16.5. The van der Waals surface area contributed by atoms with Gasteiger partial charge in [-0.3, -0.25) is 9.36 Å². The zero-order valence-corrected chi connectivity index (χ0v) is 25.1. The van der Waals surface area contributed by atoms with Crippen molar-refractivity contribution < 1.29 is 9.47 Å². The van der Waals surface area contributed by atoms with Gasteiger partial charge in [0.25, 0.3) is 0 Å². The molecule has 44 heavy (non-hydrogen) atoms. The van der Waals surface area contributed by atoms with Crippen LogP contribution in [0.25, 0.3) is 33.3 Å². The Balaban J connectivity index is 1.13. The van der Waals surface area contributed by atoms with Crippen molar-refractivity contribution in [1.82, 2.24) is 29.5 Å². The monoisotopic (exact) mass is 586 g/mol. The minimum atomic E-state index is 0.661. The number of fused-ring (bicyclic) bond motifs is 1. The molecule has 0 saturated carbocycles. The van der Waals surface area contributed by atoms with Gasteiger partial charge in [0.05, 0.1) is 50.0 Å². The van der Waals surface area contributed by atoms with Crippen LogP contribution in [-0.2, 0) is 18.3 Å². The van der Waals surface area contributed by atoms with E-state index in [0.717, 1.165) is 74.9 Å². The van der Waals surface area contributed by atoms with E-state index in [1.54, 1.807) is 7.11 Å². The second-order valence-electron chi connectivity index (χ2n) is 11.0. The van der Waals surface area contributed by atoms with Crippen molar-refractivity contribution in [3.8, 4) is 28.1 Å². The predicted molar refractivity (Wildman–Crippen MR) is 173 cm³/mol. The maximum absolute atomic E-state index is 5.58. The van der Waals surface area contributed by atoms with Crippen LogP contribution in [0.5, 0.6) is 5.75 Å². The highest BCUT2D eigenvalue weighted by Crippen LogP contribution is 2.30. The minimum Gasteiger partial charge on any atom is -0.497 e. The molecule has 0 amide bonds. The van der Waals surface area contributed by atoms with Crippen molar-refractivity contribution in [3.63, 3.8) is 0 Å². The number of benzene rings is 3. The number of hydrogen-bond acceptors (Lipinski definition) is 8. The molecule has 222 valence electrons. The van der Waals surface area contributed by atoms with Gasteiger partial charge in [-0.15, -0.1) is 0 Å². The van der Waals surface area contributed by atoms with Gasteiger partial charge in [0.2, 0.25) is 5.95 Å². The summed E-state index contributed by atoms with van der Waals surface area (Å²) >= 11 is 0. The fraction of sp³-hybridized carbons (Fsp3) is 0.235. The van der Waals surface area contributed by atoms with Gasteiger partial charge in [-0.25, -0.2) is 4.98 Å². The quantitative estimate of drug-likeness (QED) is 0.238. The van der Waals surface area contributed by atoms with Crippen LogP contribution in [0.4, 0.5) is 17.5 Å². The highest BCUT2D eigenvalue weighted by molar-refractivity contribution is 5.86. The van der Waals surface area contributed by atoms with Crippen LogP contribution >= 0.6 is 0 Å². The first-order valence-electron chi connectivity index (χ1n) is 14.7. The standard InChI is InChI=1S/C34H34N8O2/c1-23-30-13-8-26(18-32(30)40(2)39-23)31-19-33(38-34(37-31)41-14-16-44-17-15-41)36-28-9-6-25(7-10-28)27-20-35-42(22-27)21-24-4-11-29(43-3)12-5-24/h4-13,18-20,22H,14-17,21H2,1-3H3,(H,36,37,38). The average molecular weight is 587 g/mol. The molecule has 0 bridgehead atoms. The molecule has 7 rings (SSSR count). The van der Waals surface area contributed by atoms with E-state index in [0.29, 0.717) is 25.7 Å². The lowest BCUT2D eigenvalue weighted by molar-refractivity contribution is 0.122. The lowest BCUT2D eigenvalue weighted by Crippen LogP contribution is -2.37. The fourth-order valence-electron chi connectivity index (χ4n) is 5.56. The summed E-state index contributed by atoms with van der Waals surface area (Å²) in [7, 11) is 3.65. The number of hydrogen-bond donors (Lipinski definition) is 1. The summed E-state index contributed by atoms with van der Waals surface area (Å²) in [5.41, 5.74) is 8.21. The van der Waals surface area contributed by atoms with Gasteiger partial charge >= 0.3 is 0 Å². The predicted octanol–water partition coefficient (Wildman–Crippen LogP) is 5.84. The van der Waals surface area contributed by atoms with Gasteiger partial charge < -0.3 is 19.7 Å². The lowest BCUT2D eigenvalue weighted by atomic mass is 10.1. The van der Waals surface area contributed by atoms with E-state index in [1.165, 1.54) is 0 Å². The molecule has 1 saturated heterocycles. The molecule has 1 aliphatic rings. The number of aryl methyl sites for hydroxylation is 2.